The van der Waals surface area contributed by atoms with Crippen LogP contribution in [0.4, 0.5) is 0 Å². The Hall–Kier alpha value is -2.11. The number of ketones is 1. The third-order valence-corrected chi connectivity index (χ3v) is 3.31. The maximum Gasteiger partial charge on any atom is 0.169 e. The van der Waals surface area contributed by atoms with Gasteiger partial charge in [-0.25, -0.2) is 0 Å². The lowest BCUT2D eigenvalue weighted by Crippen LogP contribution is -2.92. The van der Waals surface area contributed by atoms with Gasteiger partial charge in [-0.15, -0.1) is 0 Å². The predicted molar refractivity (Wildman–Crippen MR) is 73.5 cm³/mol. The lowest BCUT2D eigenvalue weighted by molar-refractivity contribution is -0.698. The second-order valence-electron chi connectivity index (χ2n) is 4.58. The Bertz CT molecular complexity index is 607. The number of carboxylic acid groups (broad SMARTS) is 1. The molecule has 0 radical (unpaired) electrons. The number of hydrogen-bond donors (Lipinski definition) is 1. The van der Waals surface area contributed by atoms with Crippen LogP contribution in [0.5, 0.6) is 0 Å². The van der Waals surface area contributed by atoms with E-state index in [1.54, 1.807) is 36.4 Å². The van der Waals surface area contributed by atoms with Crippen LogP contribution in [-0.4, -0.2) is 17.8 Å². The van der Waals surface area contributed by atoms with E-state index in [1.165, 1.54) is 11.6 Å². The van der Waals surface area contributed by atoms with E-state index in [0.29, 0.717) is 22.9 Å². The number of halogens is 1. The third kappa shape index (κ3) is 4.44. The Balaban J connectivity index is 1.97. The molecule has 0 aliphatic carbocycles. The predicted octanol–water partition coefficient (Wildman–Crippen LogP) is 0.388. The summed E-state index contributed by atoms with van der Waals surface area (Å²) in [7, 11) is 0. The van der Waals surface area contributed by atoms with Crippen molar-refractivity contribution in [3.05, 3.63) is 59.0 Å². The minimum absolute atomic E-state index is 0.148. The minimum atomic E-state index is -1.27. The zero-order valence-corrected chi connectivity index (χ0v) is 11.9. The fourth-order valence-corrected chi connectivity index (χ4v) is 2.03. The van der Waals surface area contributed by atoms with Crippen LogP contribution in [0.15, 0.2) is 47.1 Å². The number of aliphatic carboxylic acids is 1. The van der Waals surface area contributed by atoms with Gasteiger partial charge in [0.25, 0.3) is 0 Å². The molecule has 0 fully saturated rings. The number of furan rings is 1. The fourth-order valence-electron chi connectivity index (χ4n) is 1.90. The Morgan fingerprint density at radius 2 is 1.95 bits per heavy atom. The minimum Gasteiger partial charge on any atom is -0.544 e. The molecule has 1 aromatic carbocycles. The van der Waals surface area contributed by atoms with E-state index in [0.717, 1.165) is 0 Å². The van der Waals surface area contributed by atoms with Gasteiger partial charge in [0.05, 0.1) is 18.7 Å². The Kier molecular flexibility index (Phi) is 5.14. The smallest absolute Gasteiger partial charge is 0.169 e. The molecule has 1 heterocycles. The zero-order chi connectivity index (χ0) is 15.2. The van der Waals surface area contributed by atoms with E-state index in [1.807, 2.05) is 0 Å². The first-order valence-electron chi connectivity index (χ1n) is 6.41. The summed E-state index contributed by atoms with van der Waals surface area (Å²) < 4.78 is 5.12. The highest BCUT2D eigenvalue weighted by Crippen LogP contribution is 2.11. The fraction of sp³-hybridized carbons (Fsp3) is 0.200. The molecule has 0 bridgehead atoms. The van der Waals surface area contributed by atoms with E-state index in [9.17, 15) is 14.7 Å². The van der Waals surface area contributed by atoms with Crippen molar-refractivity contribution in [2.75, 3.05) is 0 Å². The van der Waals surface area contributed by atoms with E-state index < -0.39 is 12.0 Å². The number of carbonyl (C=O) groups is 2. The summed E-state index contributed by atoms with van der Waals surface area (Å²) in [5.74, 6) is -0.902. The van der Waals surface area contributed by atoms with E-state index >= 15 is 0 Å². The van der Waals surface area contributed by atoms with Gasteiger partial charge in [0, 0.05) is 10.6 Å². The molecule has 0 saturated carbocycles. The number of carbonyl (C=O) groups excluding carboxylic acids is 2. The first kappa shape index (κ1) is 15.3. The van der Waals surface area contributed by atoms with Crippen molar-refractivity contribution in [2.24, 2.45) is 0 Å². The van der Waals surface area contributed by atoms with Gasteiger partial charge in [-0.05, 0) is 36.4 Å². The highest BCUT2D eigenvalue weighted by Gasteiger charge is 2.19. The highest BCUT2D eigenvalue weighted by atomic mass is 35.5. The summed E-state index contributed by atoms with van der Waals surface area (Å²) in [4.78, 5) is 23.2. The van der Waals surface area contributed by atoms with Gasteiger partial charge in [-0.1, -0.05) is 11.6 Å². The van der Waals surface area contributed by atoms with Crippen molar-refractivity contribution < 1.29 is 24.4 Å². The quantitative estimate of drug-likeness (QED) is 0.750. The Labute approximate surface area is 126 Å². The molecule has 110 valence electrons. The van der Waals surface area contributed by atoms with E-state index in [4.69, 9.17) is 16.0 Å². The molecule has 0 saturated heterocycles. The van der Waals surface area contributed by atoms with Crippen LogP contribution < -0.4 is 10.4 Å². The molecule has 21 heavy (non-hydrogen) atoms. The SMILES string of the molecule is O=C(C[C@H]([NH2+]Cc1ccco1)C(=O)[O-])c1ccc(Cl)cc1. The van der Waals surface area contributed by atoms with Crippen LogP contribution in [0.1, 0.15) is 22.5 Å². The number of rotatable bonds is 7. The molecule has 0 spiro atoms. The number of hydrogen-bond acceptors (Lipinski definition) is 4. The molecule has 2 rings (SSSR count). The average Bonchev–Trinajstić information content (AvgIpc) is 2.96. The number of nitrogens with two attached hydrogens (primary N) is 1. The molecule has 1 aromatic heterocycles. The van der Waals surface area contributed by atoms with Crippen LogP contribution in [0.2, 0.25) is 5.02 Å². The van der Waals surface area contributed by atoms with Gasteiger partial charge < -0.3 is 19.6 Å². The maximum absolute atomic E-state index is 12.1. The van der Waals surface area contributed by atoms with Crippen LogP contribution in [0.3, 0.4) is 0 Å². The first-order valence-corrected chi connectivity index (χ1v) is 6.79. The van der Waals surface area contributed by atoms with Gasteiger partial charge in [0.2, 0.25) is 0 Å². The van der Waals surface area contributed by atoms with Crippen molar-refractivity contribution in [1.82, 2.24) is 0 Å². The summed E-state index contributed by atoms with van der Waals surface area (Å²) in [5, 5.41) is 13.2. The Morgan fingerprint density at radius 3 is 2.52 bits per heavy atom. The topological polar surface area (TPSA) is 87.0 Å². The number of carboxylic acids is 1. The van der Waals surface area contributed by atoms with Crippen molar-refractivity contribution in [1.29, 1.82) is 0 Å². The second kappa shape index (κ2) is 7.06. The largest absolute Gasteiger partial charge is 0.544 e. The van der Waals surface area contributed by atoms with Gasteiger partial charge in [-0.3, -0.25) is 4.79 Å². The van der Waals surface area contributed by atoms with Crippen LogP contribution >= 0.6 is 11.6 Å². The first-order chi connectivity index (χ1) is 10.1. The van der Waals surface area contributed by atoms with Crippen molar-refractivity contribution >= 4 is 23.4 Å². The van der Waals surface area contributed by atoms with Crippen molar-refractivity contribution in [3.63, 3.8) is 0 Å². The zero-order valence-electron chi connectivity index (χ0n) is 11.1. The number of benzene rings is 1. The Morgan fingerprint density at radius 1 is 1.24 bits per heavy atom. The second-order valence-corrected chi connectivity index (χ2v) is 5.02. The number of Topliss-reactive ketones (excluding diaryl/α,β-unsaturated/α-hetero) is 1. The van der Waals surface area contributed by atoms with E-state index in [-0.39, 0.29) is 12.2 Å². The normalized spacial score (nSPS) is 12.0. The lowest BCUT2D eigenvalue weighted by Gasteiger charge is -2.15. The summed E-state index contributed by atoms with van der Waals surface area (Å²) in [6.07, 6.45) is 1.36. The average molecular weight is 308 g/mol. The maximum atomic E-state index is 12.1. The highest BCUT2D eigenvalue weighted by molar-refractivity contribution is 6.30. The molecular formula is C15H14ClNO4. The third-order valence-electron chi connectivity index (χ3n) is 3.06. The van der Waals surface area contributed by atoms with E-state index in [2.05, 4.69) is 0 Å². The molecule has 0 unspecified atom stereocenters. The van der Waals surface area contributed by atoms with Gasteiger partial charge in [-0.2, -0.15) is 0 Å². The number of quaternary nitrogens is 1. The van der Waals surface area contributed by atoms with Gasteiger partial charge in [0.1, 0.15) is 12.6 Å². The van der Waals surface area contributed by atoms with Gasteiger partial charge >= 0.3 is 0 Å². The molecule has 0 aliphatic heterocycles. The summed E-state index contributed by atoms with van der Waals surface area (Å²) in [5.41, 5.74) is 0.428. The molecule has 2 N–H and O–H groups in total. The monoisotopic (exact) mass is 307 g/mol. The van der Waals surface area contributed by atoms with Gasteiger partial charge in [0.15, 0.2) is 11.5 Å². The summed E-state index contributed by atoms with van der Waals surface area (Å²) in [6, 6.07) is 8.83. The summed E-state index contributed by atoms with van der Waals surface area (Å²) in [6.45, 7) is 0.333. The molecular weight excluding hydrogens is 294 g/mol. The molecule has 6 heteroatoms. The van der Waals surface area contributed by atoms with Crippen molar-refractivity contribution in [2.45, 2.75) is 19.0 Å². The molecule has 1 atom stereocenters. The molecule has 0 aliphatic rings. The lowest BCUT2D eigenvalue weighted by atomic mass is 10.0. The molecule has 0 amide bonds. The molecule has 2 aromatic rings. The molecule has 5 nitrogen and oxygen atoms in total. The van der Waals surface area contributed by atoms with Crippen molar-refractivity contribution in [3.8, 4) is 0 Å². The standard InChI is InChI=1S/C15H14ClNO4/c16-11-5-3-10(4-6-11)14(18)8-13(15(19)20)17-9-12-2-1-7-21-12/h1-7,13,17H,8-9H2,(H,19,20)/t13-/m0/s1. The van der Waals surface area contributed by atoms with Crippen LogP contribution in [0, 0.1) is 0 Å². The summed E-state index contributed by atoms with van der Waals surface area (Å²) >= 11 is 5.75. The van der Waals surface area contributed by atoms with Crippen LogP contribution in [-0.2, 0) is 11.3 Å². The van der Waals surface area contributed by atoms with Crippen LogP contribution in [0.25, 0.3) is 0 Å².